The predicted octanol–water partition coefficient (Wildman–Crippen LogP) is 13.9. The summed E-state index contributed by atoms with van der Waals surface area (Å²) in [6, 6.07) is 74.7. The smallest absolute Gasteiger partial charge is 0.0640 e. The van der Waals surface area contributed by atoms with Gasteiger partial charge >= 0.3 is 0 Å². The number of hydrogen-bond acceptors (Lipinski definition) is 1. The van der Waals surface area contributed by atoms with E-state index < -0.39 is 0 Å². The van der Waals surface area contributed by atoms with E-state index in [1.165, 1.54) is 71.3 Å². The summed E-state index contributed by atoms with van der Waals surface area (Å²) in [5.41, 5.74) is 11.7. The maximum atomic E-state index is 2.47. The van der Waals surface area contributed by atoms with Crippen molar-refractivity contribution in [2.45, 2.75) is 0 Å². The first-order chi connectivity index (χ1) is 25.8. The largest absolute Gasteiger partial charge is 0.309 e. The Labute approximate surface area is 303 Å². The van der Waals surface area contributed by atoms with Gasteiger partial charge in [0.15, 0.2) is 0 Å². The Balaban J connectivity index is 1.26. The third kappa shape index (κ3) is 4.96. The number of nitrogens with zero attached hydrogens (tertiary/aromatic N) is 2. The highest BCUT2D eigenvalue weighted by atomic mass is 15.1. The van der Waals surface area contributed by atoms with E-state index in [9.17, 15) is 0 Å². The number of fused-ring (bicyclic) bond motifs is 5. The van der Waals surface area contributed by atoms with Crippen LogP contribution in [0.1, 0.15) is 0 Å². The van der Waals surface area contributed by atoms with Gasteiger partial charge in [-0.15, -0.1) is 0 Å². The molecule has 0 amide bonds. The fourth-order valence-electron chi connectivity index (χ4n) is 7.96. The number of anilines is 3. The van der Waals surface area contributed by atoms with E-state index in [-0.39, 0.29) is 0 Å². The summed E-state index contributed by atoms with van der Waals surface area (Å²) in [7, 11) is 0. The standard InChI is InChI=1S/C50H34N2/c1-3-14-35(15-4-1)36-26-30-41(31-27-36)51(42-32-28-38(29-33-42)44-24-13-18-37-16-7-9-21-43(37)44)50-45-22-10-8-17-39(45)34-48-49(50)46-23-11-12-25-47(46)52(48)40-19-5-2-6-20-40/h1-34H. The number of para-hydroxylation sites is 2. The SMILES string of the molecule is c1ccc(-c2ccc(N(c3ccc(-c4cccc5ccccc45)cc3)c3c4ccccc4cc4c3c3ccccc3n4-c3ccccc3)cc2)cc1. The molecule has 0 aliphatic heterocycles. The molecule has 10 rings (SSSR count). The Morgan fingerprint density at radius 1 is 0.346 bits per heavy atom. The number of hydrogen-bond donors (Lipinski definition) is 0. The van der Waals surface area contributed by atoms with E-state index in [2.05, 4.69) is 216 Å². The Morgan fingerprint density at radius 2 is 0.885 bits per heavy atom. The average Bonchev–Trinajstić information content (AvgIpc) is 3.55. The minimum Gasteiger partial charge on any atom is -0.309 e. The first-order valence-corrected chi connectivity index (χ1v) is 17.9. The van der Waals surface area contributed by atoms with Crippen molar-refractivity contribution < 1.29 is 0 Å². The van der Waals surface area contributed by atoms with Gasteiger partial charge in [-0.1, -0.05) is 158 Å². The van der Waals surface area contributed by atoms with Crippen LogP contribution in [0.5, 0.6) is 0 Å². The lowest BCUT2D eigenvalue weighted by Crippen LogP contribution is -2.11. The molecule has 2 nitrogen and oxygen atoms in total. The summed E-state index contributed by atoms with van der Waals surface area (Å²) in [4.78, 5) is 2.47. The van der Waals surface area contributed by atoms with E-state index in [4.69, 9.17) is 0 Å². The molecule has 0 saturated heterocycles. The topological polar surface area (TPSA) is 8.17 Å². The number of rotatable bonds is 6. The normalized spacial score (nSPS) is 11.5. The van der Waals surface area contributed by atoms with Crippen LogP contribution in [0.4, 0.5) is 17.1 Å². The van der Waals surface area contributed by atoms with Crippen LogP contribution in [0, 0.1) is 0 Å². The summed E-state index contributed by atoms with van der Waals surface area (Å²) in [6.07, 6.45) is 0. The summed E-state index contributed by atoms with van der Waals surface area (Å²) in [5.74, 6) is 0. The van der Waals surface area contributed by atoms with Crippen molar-refractivity contribution in [1.29, 1.82) is 0 Å². The lowest BCUT2D eigenvalue weighted by molar-refractivity contribution is 1.18. The molecule has 1 heterocycles. The van der Waals surface area contributed by atoms with Gasteiger partial charge in [-0.05, 0) is 86.9 Å². The summed E-state index contributed by atoms with van der Waals surface area (Å²) < 4.78 is 2.42. The van der Waals surface area contributed by atoms with Crippen LogP contribution in [0.25, 0.3) is 71.3 Å². The van der Waals surface area contributed by atoms with Gasteiger partial charge in [0.25, 0.3) is 0 Å². The molecule has 0 saturated carbocycles. The molecule has 0 aliphatic carbocycles. The lowest BCUT2D eigenvalue weighted by atomic mass is 9.97. The van der Waals surface area contributed by atoms with Gasteiger partial charge in [-0.25, -0.2) is 0 Å². The molecule has 10 aromatic rings. The third-order valence-corrected chi connectivity index (χ3v) is 10.4. The summed E-state index contributed by atoms with van der Waals surface area (Å²) in [6.45, 7) is 0. The quantitative estimate of drug-likeness (QED) is 0.172. The van der Waals surface area contributed by atoms with Crippen molar-refractivity contribution in [3.8, 4) is 27.9 Å². The molecule has 0 unspecified atom stereocenters. The molecule has 9 aromatic carbocycles. The Hall–Kier alpha value is -6.90. The minimum atomic E-state index is 1.10. The third-order valence-electron chi connectivity index (χ3n) is 10.4. The molecule has 0 aliphatic rings. The Bertz CT molecular complexity index is 2860. The minimum absolute atomic E-state index is 1.10. The molecule has 0 spiro atoms. The van der Waals surface area contributed by atoms with Gasteiger partial charge < -0.3 is 9.47 Å². The van der Waals surface area contributed by atoms with E-state index in [1.54, 1.807) is 0 Å². The van der Waals surface area contributed by atoms with Crippen LogP contribution >= 0.6 is 0 Å². The van der Waals surface area contributed by atoms with Gasteiger partial charge in [0.05, 0.1) is 16.7 Å². The fraction of sp³-hybridized carbons (Fsp3) is 0. The van der Waals surface area contributed by atoms with Crippen LogP contribution < -0.4 is 4.90 Å². The van der Waals surface area contributed by atoms with Crippen molar-refractivity contribution in [3.05, 3.63) is 206 Å². The zero-order valence-electron chi connectivity index (χ0n) is 28.5. The van der Waals surface area contributed by atoms with Gasteiger partial charge in [0.2, 0.25) is 0 Å². The van der Waals surface area contributed by atoms with E-state index in [0.717, 1.165) is 17.1 Å². The monoisotopic (exact) mass is 662 g/mol. The molecule has 2 heteroatoms. The lowest BCUT2D eigenvalue weighted by Gasteiger charge is -2.28. The summed E-state index contributed by atoms with van der Waals surface area (Å²) >= 11 is 0. The second-order valence-electron chi connectivity index (χ2n) is 13.4. The van der Waals surface area contributed by atoms with Crippen LogP contribution in [-0.2, 0) is 0 Å². The first-order valence-electron chi connectivity index (χ1n) is 17.9. The highest BCUT2D eigenvalue weighted by Gasteiger charge is 2.24. The van der Waals surface area contributed by atoms with Gasteiger partial charge in [0.1, 0.15) is 0 Å². The second-order valence-corrected chi connectivity index (χ2v) is 13.4. The predicted molar refractivity (Wildman–Crippen MR) is 221 cm³/mol. The number of benzene rings is 9. The second kappa shape index (κ2) is 12.5. The molecule has 1 aromatic heterocycles. The zero-order chi connectivity index (χ0) is 34.4. The van der Waals surface area contributed by atoms with Gasteiger partial charge in [-0.2, -0.15) is 0 Å². The molecule has 0 radical (unpaired) electrons. The summed E-state index contributed by atoms with van der Waals surface area (Å²) in [5, 5.41) is 7.36. The highest BCUT2D eigenvalue weighted by Crippen LogP contribution is 2.48. The highest BCUT2D eigenvalue weighted by molar-refractivity contribution is 6.24. The number of aromatic nitrogens is 1. The Kier molecular flexibility index (Phi) is 7.18. The van der Waals surface area contributed by atoms with Crippen molar-refractivity contribution in [1.82, 2.24) is 4.57 Å². The molecular formula is C50H34N2. The van der Waals surface area contributed by atoms with E-state index in [1.807, 2.05) is 0 Å². The fourth-order valence-corrected chi connectivity index (χ4v) is 7.96. The molecule has 0 bridgehead atoms. The molecule has 0 atom stereocenters. The molecule has 0 fully saturated rings. The maximum absolute atomic E-state index is 2.47. The first kappa shape index (κ1) is 30.0. The van der Waals surface area contributed by atoms with Crippen molar-refractivity contribution in [2.75, 3.05) is 4.90 Å². The van der Waals surface area contributed by atoms with Crippen LogP contribution in [-0.4, -0.2) is 4.57 Å². The van der Waals surface area contributed by atoms with Crippen molar-refractivity contribution in [3.63, 3.8) is 0 Å². The van der Waals surface area contributed by atoms with Gasteiger partial charge in [0, 0.05) is 33.2 Å². The maximum Gasteiger partial charge on any atom is 0.0640 e. The van der Waals surface area contributed by atoms with Crippen LogP contribution in [0.2, 0.25) is 0 Å². The van der Waals surface area contributed by atoms with E-state index >= 15 is 0 Å². The van der Waals surface area contributed by atoms with E-state index in [0.29, 0.717) is 0 Å². The van der Waals surface area contributed by atoms with Crippen molar-refractivity contribution in [2.24, 2.45) is 0 Å². The Morgan fingerprint density at radius 3 is 1.62 bits per heavy atom. The van der Waals surface area contributed by atoms with Crippen LogP contribution in [0.15, 0.2) is 206 Å². The van der Waals surface area contributed by atoms with Gasteiger partial charge in [-0.3, -0.25) is 0 Å². The van der Waals surface area contributed by atoms with Crippen molar-refractivity contribution >= 4 is 60.4 Å². The molecule has 52 heavy (non-hydrogen) atoms. The zero-order valence-corrected chi connectivity index (χ0v) is 28.5. The molecular weight excluding hydrogens is 629 g/mol. The van der Waals surface area contributed by atoms with Crippen LogP contribution in [0.3, 0.4) is 0 Å². The molecule has 0 N–H and O–H groups in total. The molecule has 244 valence electrons. The average molecular weight is 663 g/mol.